The van der Waals surface area contributed by atoms with Crippen LogP contribution in [0.5, 0.6) is 0 Å². The summed E-state index contributed by atoms with van der Waals surface area (Å²) in [7, 11) is 0. The van der Waals surface area contributed by atoms with Gasteiger partial charge in [0.2, 0.25) is 5.91 Å². The average molecular weight is 306 g/mol. The summed E-state index contributed by atoms with van der Waals surface area (Å²) < 4.78 is 1.20. The number of carbonyl (C=O) groups excluding carboxylic acids is 1. The van der Waals surface area contributed by atoms with E-state index in [0.29, 0.717) is 16.6 Å². The first-order valence-electron chi connectivity index (χ1n) is 7.02. The summed E-state index contributed by atoms with van der Waals surface area (Å²) in [5.41, 5.74) is 1.93. The fourth-order valence-electron chi connectivity index (χ4n) is 2.13. The summed E-state index contributed by atoms with van der Waals surface area (Å²) in [6, 6.07) is 14.3. The zero-order valence-corrected chi connectivity index (χ0v) is 12.4. The van der Waals surface area contributed by atoms with Crippen molar-refractivity contribution in [2.24, 2.45) is 5.10 Å². The number of benzene rings is 2. The van der Waals surface area contributed by atoms with Crippen LogP contribution in [-0.4, -0.2) is 21.8 Å². The highest BCUT2D eigenvalue weighted by atomic mass is 16.1. The number of rotatable bonds is 3. The number of nitrogens with one attached hydrogen (secondary N) is 1. The van der Waals surface area contributed by atoms with Crippen molar-refractivity contribution in [2.45, 2.75) is 6.92 Å². The van der Waals surface area contributed by atoms with Crippen LogP contribution in [-0.2, 0) is 4.79 Å². The van der Waals surface area contributed by atoms with E-state index in [0.717, 1.165) is 5.56 Å². The molecule has 0 unspecified atom stereocenters. The molecular formula is C17H14N4O2. The van der Waals surface area contributed by atoms with Gasteiger partial charge in [0.1, 0.15) is 6.33 Å². The Morgan fingerprint density at radius 2 is 1.91 bits per heavy atom. The summed E-state index contributed by atoms with van der Waals surface area (Å²) in [6.45, 7) is 1.45. The van der Waals surface area contributed by atoms with Gasteiger partial charge in [0.25, 0.3) is 5.56 Å². The number of carbonyl (C=O) groups is 1. The SMILES string of the molecule is CC(=O)Nc1ccc(/C=N/n2cnc3ccccc3c2=O)cc1. The van der Waals surface area contributed by atoms with Crippen molar-refractivity contribution in [1.29, 1.82) is 0 Å². The van der Waals surface area contributed by atoms with E-state index >= 15 is 0 Å². The van der Waals surface area contributed by atoms with Crippen LogP contribution in [0.15, 0.2) is 64.8 Å². The number of aromatic nitrogens is 2. The molecule has 3 rings (SSSR count). The highest BCUT2D eigenvalue weighted by Gasteiger charge is 2.01. The number of nitrogens with zero attached hydrogens (tertiary/aromatic N) is 3. The van der Waals surface area contributed by atoms with E-state index in [-0.39, 0.29) is 11.5 Å². The molecule has 114 valence electrons. The van der Waals surface area contributed by atoms with Gasteiger partial charge in [-0.25, -0.2) is 4.98 Å². The Kier molecular flexibility index (Phi) is 3.97. The third-order valence-corrected chi connectivity index (χ3v) is 3.21. The van der Waals surface area contributed by atoms with E-state index in [1.807, 2.05) is 6.07 Å². The Balaban J connectivity index is 1.86. The first kappa shape index (κ1) is 14.6. The van der Waals surface area contributed by atoms with Gasteiger partial charge in [-0.1, -0.05) is 24.3 Å². The van der Waals surface area contributed by atoms with Crippen LogP contribution in [0.1, 0.15) is 12.5 Å². The molecule has 0 spiro atoms. The maximum Gasteiger partial charge on any atom is 0.281 e. The van der Waals surface area contributed by atoms with Crippen molar-refractivity contribution in [3.8, 4) is 0 Å². The maximum atomic E-state index is 12.3. The summed E-state index contributed by atoms with van der Waals surface area (Å²) in [6.07, 6.45) is 2.96. The van der Waals surface area contributed by atoms with Gasteiger partial charge in [-0.05, 0) is 29.8 Å². The van der Waals surface area contributed by atoms with Gasteiger partial charge in [0.15, 0.2) is 0 Å². The van der Waals surface area contributed by atoms with E-state index in [2.05, 4.69) is 15.4 Å². The summed E-state index contributed by atoms with van der Waals surface area (Å²) in [5.74, 6) is -0.125. The summed E-state index contributed by atoms with van der Waals surface area (Å²) in [4.78, 5) is 27.5. The van der Waals surface area contributed by atoms with Crippen molar-refractivity contribution < 1.29 is 4.79 Å². The zero-order chi connectivity index (χ0) is 16.2. The number of hydrogen-bond donors (Lipinski definition) is 1. The molecule has 0 aliphatic rings. The van der Waals surface area contributed by atoms with Gasteiger partial charge in [0.05, 0.1) is 17.1 Å². The molecule has 0 aliphatic heterocycles. The molecule has 1 N–H and O–H groups in total. The molecule has 6 nitrogen and oxygen atoms in total. The molecule has 1 amide bonds. The van der Waals surface area contributed by atoms with E-state index in [9.17, 15) is 9.59 Å². The Labute approximate surface area is 132 Å². The molecule has 0 saturated carbocycles. The highest BCUT2D eigenvalue weighted by Crippen LogP contribution is 2.08. The number of amides is 1. The molecule has 0 fully saturated rings. The van der Waals surface area contributed by atoms with Gasteiger partial charge < -0.3 is 5.32 Å². The van der Waals surface area contributed by atoms with Crippen LogP contribution in [0.2, 0.25) is 0 Å². The number of anilines is 1. The van der Waals surface area contributed by atoms with E-state index < -0.39 is 0 Å². The fourth-order valence-corrected chi connectivity index (χ4v) is 2.13. The van der Waals surface area contributed by atoms with Gasteiger partial charge in [-0.2, -0.15) is 9.78 Å². The van der Waals surface area contributed by atoms with E-state index in [1.165, 1.54) is 17.9 Å². The highest BCUT2D eigenvalue weighted by molar-refractivity contribution is 5.89. The monoisotopic (exact) mass is 306 g/mol. The van der Waals surface area contributed by atoms with Crippen molar-refractivity contribution >= 4 is 28.7 Å². The van der Waals surface area contributed by atoms with Crippen molar-refractivity contribution in [2.75, 3.05) is 5.32 Å². The third-order valence-electron chi connectivity index (χ3n) is 3.21. The lowest BCUT2D eigenvalue weighted by molar-refractivity contribution is -0.114. The molecule has 0 atom stereocenters. The molecular weight excluding hydrogens is 292 g/mol. The topological polar surface area (TPSA) is 76.3 Å². The maximum absolute atomic E-state index is 12.3. The van der Waals surface area contributed by atoms with E-state index in [4.69, 9.17) is 0 Å². The zero-order valence-electron chi connectivity index (χ0n) is 12.4. The number of hydrogen-bond acceptors (Lipinski definition) is 4. The predicted molar refractivity (Wildman–Crippen MR) is 89.7 cm³/mol. The minimum Gasteiger partial charge on any atom is -0.326 e. The first-order valence-corrected chi connectivity index (χ1v) is 7.02. The lowest BCUT2D eigenvalue weighted by Gasteiger charge is -2.02. The normalized spacial score (nSPS) is 11.0. The third kappa shape index (κ3) is 3.32. The predicted octanol–water partition coefficient (Wildman–Crippen LogP) is 2.24. The van der Waals surface area contributed by atoms with Crippen LogP contribution in [0.3, 0.4) is 0 Å². The fraction of sp³-hybridized carbons (Fsp3) is 0.0588. The second-order valence-corrected chi connectivity index (χ2v) is 4.96. The standard InChI is InChI=1S/C17H14N4O2/c1-12(22)20-14-8-6-13(7-9-14)10-19-21-11-18-16-5-3-2-4-15(16)17(21)23/h2-11H,1H3,(H,20,22)/b19-10+. The first-order chi connectivity index (χ1) is 11.1. The van der Waals surface area contributed by atoms with Crippen LogP contribution in [0.25, 0.3) is 10.9 Å². The lowest BCUT2D eigenvalue weighted by atomic mass is 10.2. The molecule has 0 aliphatic carbocycles. The molecule has 23 heavy (non-hydrogen) atoms. The molecule has 1 heterocycles. The number of fused-ring (bicyclic) bond motifs is 1. The Bertz CT molecular complexity index is 943. The van der Waals surface area contributed by atoms with Gasteiger partial charge >= 0.3 is 0 Å². The molecule has 6 heteroatoms. The van der Waals surface area contributed by atoms with Crippen LogP contribution < -0.4 is 10.9 Å². The average Bonchev–Trinajstić information content (AvgIpc) is 2.55. The van der Waals surface area contributed by atoms with E-state index in [1.54, 1.807) is 48.7 Å². The number of para-hydroxylation sites is 1. The quantitative estimate of drug-likeness (QED) is 0.754. The van der Waals surface area contributed by atoms with Crippen LogP contribution in [0, 0.1) is 0 Å². The smallest absolute Gasteiger partial charge is 0.281 e. The van der Waals surface area contributed by atoms with Gasteiger partial charge in [-0.3, -0.25) is 9.59 Å². The minimum atomic E-state index is -0.221. The molecule has 0 radical (unpaired) electrons. The second-order valence-electron chi connectivity index (χ2n) is 4.96. The molecule has 0 saturated heterocycles. The van der Waals surface area contributed by atoms with Crippen molar-refractivity contribution in [3.05, 3.63) is 70.8 Å². The summed E-state index contributed by atoms with van der Waals surface area (Å²) in [5, 5.41) is 7.35. The Hall–Kier alpha value is -3.28. The molecule has 0 bridgehead atoms. The second kappa shape index (κ2) is 6.23. The summed E-state index contributed by atoms with van der Waals surface area (Å²) >= 11 is 0. The Morgan fingerprint density at radius 1 is 1.17 bits per heavy atom. The minimum absolute atomic E-state index is 0.125. The lowest BCUT2D eigenvalue weighted by Crippen LogP contribution is -2.16. The van der Waals surface area contributed by atoms with Crippen LogP contribution in [0.4, 0.5) is 5.69 Å². The largest absolute Gasteiger partial charge is 0.326 e. The van der Waals surface area contributed by atoms with Gasteiger partial charge in [0, 0.05) is 12.6 Å². The van der Waals surface area contributed by atoms with Gasteiger partial charge in [-0.15, -0.1) is 0 Å². The van der Waals surface area contributed by atoms with Crippen LogP contribution >= 0.6 is 0 Å². The van der Waals surface area contributed by atoms with Crippen molar-refractivity contribution in [3.63, 3.8) is 0 Å². The molecule has 3 aromatic rings. The van der Waals surface area contributed by atoms with Crippen molar-refractivity contribution in [1.82, 2.24) is 9.66 Å². The molecule has 1 aromatic heterocycles. The Morgan fingerprint density at radius 3 is 2.65 bits per heavy atom. The molecule has 2 aromatic carbocycles.